The van der Waals surface area contributed by atoms with Crippen molar-refractivity contribution in [3.8, 4) is 23.0 Å². The zero-order valence-electron chi connectivity index (χ0n) is 37.8. The Morgan fingerprint density at radius 3 is 2.17 bits per heavy atom. The van der Waals surface area contributed by atoms with Crippen LogP contribution < -0.4 is 24.4 Å². The molecule has 0 saturated carbocycles. The van der Waals surface area contributed by atoms with Gasteiger partial charge in [0.2, 0.25) is 11.8 Å². The van der Waals surface area contributed by atoms with Gasteiger partial charge in [-0.3, -0.25) is 39.0 Å². The largest absolute Gasteiger partial charge is 0.493 e. The van der Waals surface area contributed by atoms with Gasteiger partial charge in [0.25, 0.3) is 11.8 Å². The molecule has 3 fully saturated rings. The maximum atomic E-state index is 14.1. The third-order valence-corrected chi connectivity index (χ3v) is 14.7. The maximum absolute atomic E-state index is 14.1. The van der Waals surface area contributed by atoms with Gasteiger partial charge in [-0.15, -0.1) is 0 Å². The molecule has 66 heavy (non-hydrogen) atoms. The summed E-state index contributed by atoms with van der Waals surface area (Å²) >= 11 is 0. The van der Waals surface area contributed by atoms with E-state index in [2.05, 4.69) is 32.3 Å². The van der Waals surface area contributed by atoms with Crippen LogP contribution in [-0.4, -0.2) is 104 Å². The van der Waals surface area contributed by atoms with Gasteiger partial charge in [0.05, 0.1) is 53.8 Å². The highest BCUT2D eigenvalue weighted by atomic mass is 32.2. The summed E-state index contributed by atoms with van der Waals surface area (Å²) in [5.41, 5.74) is 4.67. The van der Waals surface area contributed by atoms with E-state index in [9.17, 15) is 27.6 Å². The first-order valence-electron chi connectivity index (χ1n) is 22.8. The third-order valence-electron chi connectivity index (χ3n) is 13.7. The van der Waals surface area contributed by atoms with Crippen molar-refractivity contribution < 1.29 is 41.8 Å². The Bertz CT molecular complexity index is 2790. The van der Waals surface area contributed by atoms with E-state index in [4.69, 9.17) is 14.2 Å². The normalized spacial score (nSPS) is 19.3. The van der Waals surface area contributed by atoms with Crippen LogP contribution in [0, 0.1) is 11.8 Å². The molecule has 3 saturated heterocycles. The molecule has 1 aromatic heterocycles. The number of likely N-dealkylation sites (tertiary alicyclic amines) is 1. The van der Waals surface area contributed by atoms with Gasteiger partial charge in [-0.1, -0.05) is 18.2 Å². The summed E-state index contributed by atoms with van der Waals surface area (Å²) in [5, 5.41) is 7.94. The minimum Gasteiger partial charge on any atom is -0.493 e. The average Bonchev–Trinajstić information content (AvgIpc) is 3.76. The number of hydrogen-bond donors (Lipinski definition) is 1. The Morgan fingerprint density at radius 2 is 1.48 bits per heavy atom. The number of hydrogen-bond acceptors (Lipinski definition) is 12. The van der Waals surface area contributed by atoms with Gasteiger partial charge in [0, 0.05) is 56.5 Å². The molecule has 9 rings (SSSR count). The fourth-order valence-electron chi connectivity index (χ4n) is 10.3. The Labute approximate surface area is 384 Å². The molecule has 16 heteroatoms. The van der Waals surface area contributed by atoms with Crippen molar-refractivity contribution in [2.75, 3.05) is 56.8 Å². The number of amides is 4. The molecule has 346 valence electrons. The zero-order valence-corrected chi connectivity index (χ0v) is 38.6. The van der Waals surface area contributed by atoms with Crippen molar-refractivity contribution >= 4 is 50.1 Å². The SMILES string of the molecule is CCOc1cc([C@@H](CS(C)(=O)=O)N2C(=O)c3ccc(N4CCC(C5CCN(Cc6ccc(Oc7ccc8c(C9CCC(=O)NC9=O)nn(C)c8c7)cc6)CC5)CC4)cc3C2=O)ccc1OC. The smallest absolute Gasteiger partial charge is 0.262 e. The van der Waals surface area contributed by atoms with Crippen molar-refractivity contribution in [1.82, 2.24) is 24.9 Å². The standard InChI is InChI=1S/C50H56N6O9S/c1-5-64-45-26-34(8-16-44(45)63-3)43(30-66(4,61)62)56-49(59)38-13-9-35(27-41(38)50(56)60)55-24-20-33(21-25-55)32-18-22-54(23-19-32)29-31-6-10-36(11-7-31)65-37-12-14-39-42(28-37)53(2)52-47(39)40-15-17-46(57)51-48(40)58/h6-14,16,26-28,32-33,40,43H,5,15,17-25,29-30H2,1-4H3,(H,51,57,58)/t40?,43-/m1/s1. The van der Waals surface area contributed by atoms with Crippen LogP contribution in [-0.2, 0) is 33.0 Å². The lowest BCUT2D eigenvalue weighted by molar-refractivity contribution is -0.134. The van der Waals surface area contributed by atoms with Gasteiger partial charge >= 0.3 is 0 Å². The zero-order chi connectivity index (χ0) is 46.3. The number of nitrogens with one attached hydrogen (secondary N) is 1. The number of benzene rings is 4. The molecule has 0 bridgehead atoms. The molecule has 4 aliphatic rings. The van der Waals surface area contributed by atoms with E-state index in [0.29, 0.717) is 59.8 Å². The summed E-state index contributed by atoms with van der Waals surface area (Å²) in [6.07, 6.45) is 6.24. The molecule has 5 aromatic rings. The van der Waals surface area contributed by atoms with Gasteiger partial charge in [-0.25, -0.2) is 8.42 Å². The fraction of sp³-hybridized carbons (Fsp3) is 0.420. The van der Waals surface area contributed by atoms with Gasteiger partial charge in [-0.05, 0) is 130 Å². The highest BCUT2D eigenvalue weighted by molar-refractivity contribution is 7.90. The van der Waals surface area contributed by atoms with Crippen LogP contribution in [0.3, 0.4) is 0 Å². The minimum absolute atomic E-state index is 0.245. The van der Waals surface area contributed by atoms with E-state index in [0.717, 1.165) is 91.9 Å². The summed E-state index contributed by atoms with van der Waals surface area (Å²) in [6, 6.07) is 23.3. The minimum atomic E-state index is -3.61. The number of anilines is 1. The monoisotopic (exact) mass is 916 g/mol. The second kappa shape index (κ2) is 18.6. The first-order valence-corrected chi connectivity index (χ1v) is 24.9. The number of aromatic nitrogens is 2. The number of aryl methyl sites for hydroxylation is 1. The van der Waals surface area contributed by atoms with Crippen molar-refractivity contribution in [1.29, 1.82) is 0 Å². The van der Waals surface area contributed by atoms with Crippen LogP contribution >= 0.6 is 0 Å². The molecule has 4 amide bonds. The molecule has 0 radical (unpaired) electrons. The number of carbonyl (C=O) groups excluding carboxylic acids is 4. The number of sulfone groups is 1. The second-order valence-corrected chi connectivity index (χ2v) is 20.2. The second-order valence-electron chi connectivity index (χ2n) is 18.0. The van der Waals surface area contributed by atoms with Gasteiger partial charge in [-0.2, -0.15) is 5.10 Å². The summed E-state index contributed by atoms with van der Waals surface area (Å²) in [7, 11) is -0.253. The topological polar surface area (TPSA) is 170 Å². The number of nitrogens with zero attached hydrogens (tertiary/aromatic N) is 5. The summed E-state index contributed by atoms with van der Waals surface area (Å²) in [4.78, 5) is 58.1. The first kappa shape index (κ1) is 44.9. The predicted molar refractivity (Wildman–Crippen MR) is 249 cm³/mol. The molecule has 2 atom stereocenters. The molecule has 15 nitrogen and oxygen atoms in total. The molecule has 4 aromatic carbocycles. The number of rotatable bonds is 14. The number of piperidine rings is 3. The van der Waals surface area contributed by atoms with Crippen LogP contribution in [0.1, 0.15) is 94.9 Å². The van der Waals surface area contributed by atoms with Crippen molar-refractivity contribution in [3.63, 3.8) is 0 Å². The molecule has 1 unspecified atom stereocenters. The highest BCUT2D eigenvalue weighted by Gasteiger charge is 2.43. The number of carbonyl (C=O) groups is 4. The average molecular weight is 917 g/mol. The molecule has 5 heterocycles. The van der Waals surface area contributed by atoms with Crippen molar-refractivity contribution in [2.45, 2.75) is 64.0 Å². The molecule has 4 aliphatic heterocycles. The highest BCUT2D eigenvalue weighted by Crippen LogP contribution is 2.40. The van der Waals surface area contributed by atoms with E-state index < -0.39 is 39.4 Å². The lowest BCUT2D eigenvalue weighted by Gasteiger charge is -2.41. The fourth-order valence-corrected chi connectivity index (χ4v) is 11.2. The van der Waals surface area contributed by atoms with Crippen LogP contribution in [0.4, 0.5) is 5.69 Å². The molecular formula is C50H56N6O9S. The van der Waals surface area contributed by atoms with E-state index in [1.54, 1.807) is 35.0 Å². The Hall–Kier alpha value is -6.26. The van der Waals surface area contributed by atoms with Crippen molar-refractivity contribution in [2.24, 2.45) is 18.9 Å². The van der Waals surface area contributed by atoms with Crippen LogP contribution in [0.25, 0.3) is 10.9 Å². The summed E-state index contributed by atoms with van der Waals surface area (Å²) in [6.45, 7) is 6.83. The lowest BCUT2D eigenvalue weighted by atomic mass is 9.78. The van der Waals surface area contributed by atoms with Gasteiger partial charge < -0.3 is 19.1 Å². The summed E-state index contributed by atoms with van der Waals surface area (Å²) in [5.74, 6) is 1.09. The van der Waals surface area contributed by atoms with E-state index >= 15 is 0 Å². The van der Waals surface area contributed by atoms with Gasteiger partial charge in [0.1, 0.15) is 21.3 Å². The summed E-state index contributed by atoms with van der Waals surface area (Å²) < 4.78 is 44.5. The first-order chi connectivity index (χ1) is 31.8. The van der Waals surface area contributed by atoms with Crippen LogP contribution in [0.2, 0.25) is 0 Å². The number of methoxy groups -OCH3 is 1. The van der Waals surface area contributed by atoms with E-state index in [1.165, 1.54) is 12.7 Å². The molecule has 1 N–H and O–H groups in total. The Kier molecular flexibility index (Phi) is 12.6. The van der Waals surface area contributed by atoms with Crippen molar-refractivity contribution in [3.05, 3.63) is 107 Å². The molecule has 0 spiro atoms. The van der Waals surface area contributed by atoms with Crippen LogP contribution in [0.15, 0.2) is 78.9 Å². The third kappa shape index (κ3) is 9.25. The molecular weight excluding hydrogens is 861 g/mol. The maximum Gasteiger partial charge on any atom is 0.262 e. The van der Waals surface area contributed by atoms with E-state index in [1.807, 2.05) is 50.4 Å². The van der Waals surface area contributed by atoms with Gasteiger partial charge in [0.15, 0.2) is 11.5 Å². The lowest BCUT2D eigenvalue weighted by Crippen LogP contribution is -2.40. The Balaban J connectivity index is 0.769. The Morgan fingerprint density at radius 1 is 0.788 bits per heavy atom. The number of fused-ring (bicyclic) bond motifs is 2. The molecule has 0 aliphatic carbocycles. The van der Waals surface area contributed by atoms with Crippen LogP contribution in [0.5, 0.6) is 23.0 Å². The predicted octanol–water partition coefficient (Wildman–Crippen LogP) is 6.80. The van der Waals surface area contributed by atoms with E-state index in [-0.39, 0.29) is 22.9 Å². The number of imide groups is 2. The number of ether oxygens (including phenoxy) is 3. The quantitative estimate of drug-likeness (QED) is 0.116.